The second kappa shape index (κ2) is 7.21. The topological polar surface area (TPSA) is 21.3 Å². The standard InChI is InChI=1S/C14H18ClNO/c1-4-7-17-14-6-5-13(15)8-12(14)10-16-9-11(2)3/h1,5-6,8,11,16H,7,9-10H2,2-3H3. The molecule has 0 aliphatic rings. The predicted octanol–water partition coefficient (Wildman–Crippen LogP) is 3.10. The molecule has 1 aromatic carbocycles. The van der Waals surface area contributed by atoms with Crippen molar-refractivity contribution in [1.29, 1.82) is 0 Å². The van der Waals surface area contributed by atoms with Crippen molar-refractivity contribution in [2.75, 3.05) is 13.2 Å². The lowest BCUT2D eigenvalue weighted by molar-refractivity contribution is 0.364. The highest BCUT2D eigenvalue weighted by Gasteiger charge is 2.04. The molecule has 0 bridgehead atoms. The summed E-state index contributed by atoms with van der Waals surface area (Å²) in [7, 11) is 0. The average Bonchev–Trinajstić information content (AvgIpc) is 2.27. The Balaban J connectivity index is 2.66. The highest BCUT2D eigenvalue weighted by atomic mass is 35.5. The van der Waals surface area contributed by atoms with Crippen molar-refractivity contribution < 1.29 is 4.74 Å². The van der Waals surface area contributed by atoms with Gasteiger partial charge in [-0.1, -0.05) is 31.4 Å². The summed E-state index contributed by atoms with van der Waals surface area (Å²) in [5, 5.41) is 4.06. The van der Waals surface area contributed by atoms with Crippen LogP contribution in [0.4, 0.5) is 0 Å². The fourth-order valence-corrected chi connectivity index (χ4v) is 1.64. The second-order valence-electron chi connectivity index (χ2n) is 4.27. The molecule has 0 saturated carbocycles. The van der Waals surface area contributed by atoms with Gasteiger partial charge in [-0.25, -0.2) is 0 Å². The van der Waals surface area contributed by atoms with Crippen LogP contribution in [0.2, 0.25) is 5.02 Å². The van der Waals surface area contributed by atoms with Crippen LogP contribution in [0.5, 0.6) is 5.75 Å². The maximum absolute atomic E-state index is 5.97. The van der Waals surface area contributed by atoms with Gasteiger partial charge in [0.15, 0.2) is 0 Å². The van der Waals surface area contributed by atoms with Crippen LogP contribution < -0.4 is 10.1 Å². The number of hydrogen-bond acceptors (Lipinski definition) is 2. The molecule has 0 saturated heterocycles. The number of hydrogen-bond donors (Lipinski definition) is 1. The van der Waals surface area contributed by atoms with Crippen LogP contribution in [0.15, 0.2) is 18.2 Å². The van der Waals surface area contributed by atoms with E-state index in [9.17, 15) is 0 Å². The molecule has 1 aromatic rings. The summed E-state index contributed by atoms with van der Waals surface area (Å²) < 4.78 is 5.46. The van der Waals surface area contributed by atoms with Gasteiger partial charge in [-0.3, -0.25) is 0 Å². The molecule has 2 nitrogen and oxygen atoms in total. The van der Waals surface area contributed by atoms with Gasteiger partial charge in [-0.2, -0.15) is 0 Å². The molecule has 3 heteroatoms. The van der Waals surface area contributed by atoms with Crippen molar-refractivity contribution in [3.05, 3.63) is 28.8 Å². The van der Waals surface area contributed by atoms with E-state index >= 15 is 0 Å². The van der Waals surface area contributed by atoms with Crippen molar-refractivity contribution in [3.8, 4) is 18.1 Å². The number of ether oxygens (including phenoxy) is 1. The van der Waals surface area contributed by atoms with E-state index in [-0.39, 0.29) is 6.61 Å². The van der Waals surface area contributed by atoms with Crippen molar-refractivity contribution in [1.82, 2.24) is 5.32 Å². The Hall–Kier alpha value is -1.17. The smallest absolute Gasteiger partial charge is 0.148 e. The summed E-state index contributed by atoms with van der Waals surface area (Å²) >= 11 is 5.97. The first-order chi connectivity index (χ1) is 8.13. The summed E-state index contributed by atoms with van der Waals surface area (Å²) in [6.45, 7) is 6.31. The summed E-state index contributed by atoms with van der Waals surface area (Å²) in [4.78, 5) is 0. The fourth-order valence-electron chi connectivity index (χ4n) is 1.44. The summed E-state index contributed by atoms with van der Waals surface area (Å²) in [6, 6.07) is 5.56. The van der Waals surface area contributed by atoms with E-state index in [1.165, 1.54) is 0 Å². The average molecular weight is 252 g/mol. The van der Waals surface area contributed by atoms with Crippen LogP contribution in [-0.2, 0) is 6.54 Å². The zero-order valence-electron chi connectivity index (χ0n) is 10.3. The normalized spacial score (nSPS) is 10.3. The SMILES string of the molecule is C#CCOc1ccc(Cl)cc1CNCC(C)C. The van der Waals surface area contributed by atoms with Crippen LogP contribution in [0.25, 0.3) is 0 Å². The van der Waals surface area contributed by atoms with Gasteiger partial charge in [0, 0.05) is 17.1 Å². The molecule has 0 fully saturated rings. The zero-order chi connectivity index (χ0) is 12.7. The molecule has 0 unspecified atom stereocenters. The number of rotatable bonds is 6. The zero-order valence-corrected chi connectivity index (χ0v) is 11.1. The van der Waals surface area contributed by atoms with Gasteiger partial charge in [0.25, 0.3) is 0 Å². The van der Waals surface area contributed by atoms with Gasteiger partial charge in [-0.05, 0) is 30.7 Å². The van der Waals surface area contributed by atoms with Gasteiger partial charge in [0.2, 0.25) is 0 Å². The van der Waals surface area contributed by atoms with Crippen LogP contribution in [0.3, 0.4) is 0 Å². The molecule has 0 spiro atoms. The summed E-state index contributed by atoms with van der Waals surface area (Å²) in [5.41, 5.74) is 1.04. The Bertz CT molecular complexity index is 396. The summed E-state index contributed by atoms with van der Waals surface area (Å²) in [6.07, 6.45) is 5.18. The molecule has 1 N–H and O–H groups in total. The lowest BCUT2D eigenvalue weighted by atomic mass is 10.2. The molecule has 0 atom stereocenters. The number of halogens is 1. The molecule has 0 aliphatic carbocycles. The number of benzene rings is 1. The maximum atomic E-state index is 5.97. The van der Waals surface area contributed by atoms with Crippen molar-refractivity contribution in [3.63, 3.8) is 0 Å². The maximum Gasteiger partial charge on any atom is 0.148 e. The highest BCUT2D eigenvalue weighted by molar-refractivity contribution is 6.30. The molecule has 17 heavy (non-hydrogen) atoms. The van der Waals surface area contributed by atoms with E-state index in [1.807, 2.05) is 12.1 Å². The second-order valence-corrected chi connectivity index (χ2v) is 4.71. The predicted molar refractivity (Wildman–Crippen MR) is 72.3 cm³/mol. The first-order valence-electron chi connectivity index (χ1n) is 5.69. The Labute approximate surface area is 108 Å². The first kappa shape index (κ1) is 13.9. The van der Waals surface area contributed by atoms with E-state index in [2.05, 4.69) is 25.1 Å². The lowest BCUT2D eigenvalue weighted by Gasteiger charge is -2.12. The number of nitrogens with one attached hydrogen (secondary N) is 1. The van der Waals surface area contributed by atoms with Crippen molar-refractivity contribution >= 4 is 11.6 Å². The molecule has 0 aromatic heterocycles. The molecule has 1 rings (SSSR count). The minimum absolute atomic E-state index is 0.277. The summed E-state index contributed by atoms with van der Waals surface area (Å²) in [5.74, 6) is 3.87. The van der Waals surface area contributed by atoms with Gasteiger partial charge in [0.1, 0.15) is 12.4 Å². The van der Waals surface area contributed by atoms with Gasteiger partial charge in [-0.15, -0.1) is 6.42 Å². The minimum Gasteiger partial charge on any atom is -0.481 e. The highest BCUT2D eigenvalue weighted by Crippen LogP contribution is 2.22. The van der Waals surface area contributed by atoms with Gasteiger partial charge < -0.3 is 10.1 Å². The lowest BCUT2D eigenvalue weighted by Crippen LogP contribution is -2.19. The van der Waals surface area contributed by atoms with Crippen LogP contribution >= 0.6 is 11.6 Å². The third kappa shape index (κ3) is 5.12. The quantitative estimate of drug-likeness (QED) is 0.785. The van der Waals surface area contributed by atoms with E-state index in [0.29, 0.717) is 10.9 Å². The Morgan fingerprint density at radius 1 is 1.47 bits per heavy atom. The van der Waals surface area contributed by atoms with Crippen molar-refractivity contribution in [2.45, 2.75) is 20.4 Å². The molecule has 0 amide bonds. The van der Waals surface area contributed by atoms with E-state index in [1.54, 1.807) is 6.07 Å². The minimum atomic E-state index is 0.277. The van der Waals surface area contributed by atoms with Crippen LogP contribution in [0.1, 0.15) is 19.4 Å². The van der Waals surface area contributed by atoms with E-state index in [0.717, 1.165) is 24.4 Å². The third-order valence-corrected chi connectivity index (χ3v) is 2.44. The Morgan fingerprint density at radius 3 is 2.88 bits per heavy atom. The Kier molecular flexibility index (Phi) is 5.90. The molecule has 0 radical (unpaired) electrons. The van der Waals surface area contributed by atoms with E-state index in [4.69, 9.17) is 22.8 Å². The number of terminal acetylenes is 1. The molecule has 0 heterocycles. The van der Waals surface area contributed by atoms with Crippen LogP contribution in [0, 0.1) is 18.3 Å². The van der Waals surface area contributed by atoms with Gasteiger partial charge in [0.05, 0.1) is 0 Å². The monoisotopic (exact) mass is 251 g/mol. The van der Waals surface area contributed by atoms with Gasteiger partial charge >= 0.3 is 0 Å². The van der Waals surface area contributed by atoms with Crippen LogP contribution in [-0.4, -0.2) is 13.2 Å². The third-order valence-electron chi connectivity index (χ3n) is 2.20. The molecule has 0 aliphatic heterocycles. The van der Waals surface area contributed by atoms with E-state index < -0.39 is 0 Å². The largest absolute Gasteiger partial charge is 0.481 e. The molecular weight excluding hydrogens is 234 g/mol. The first-order valence-corrected chi connectivity index (χ1v) is 6.06. The molecular formula is C14H18ClNO. The fraction of sp³-hybridized carbons (Fsp3) is 0.429. The molecule has 92 valence electrons. The Morgan fingerprint density at radius 2 is 2.24 bits per heavy atom. The van der Waals surface area contributed by atoms with Crippen molar-refractivity contribution in [2.24, 2.45) is 5.92 Å².